The zero-order valence-electron chi connectivity index (χ0n) is 11.3. The Bertz CT molecular complexity index is 616. The van der Waals surface area contributed by atoms with Gasteiger partial charge in [0.15, 0.2) is 5.82 Å². The van der Waals surface area contributed by atoms with Crippen LogP contribution >= 0.6 is 27.5 Å². The van der Waals surface area contributed by atoms with Gasteiger partial charge >= 0.3 is 0 Å². The molecule has 0 atom stereocenters. The molecule has 1 aromatic carbocycles. The molecular weight excluding hydrogens is 340 g/mol. The maximum Gasteiger partial charge on any atom is 0.162 e. The van der Waals surface area contributed by atoms with Gasteiger partial charge in [0.1, 0.15) is 5.82 Å². The Kier molecular flexibility index (Phi) is 4.96. The zero-order chi connectivity index (χ0) is 14.7. The number of benzene rings is 1. The first-order chi connectivity index (χ1) is 9.49. The van der Waals surface area contributed by atoms with Crippen LogP contribution in [0.4, 0.5) is 5.82 Å². The number of nitrogens with two attached hydrogens (primary N) is 1. The zero-order valence-corrected chi connectivity index (χ0v) is 13.7. The third kappa shape index (κ3) is 3.69. The van der Waals surface area contributed by atoms with Crippen molar-refractivity contribution in [2.24, 2.45) is 11.8 Å². The topological polar surface area (TPSA) is 63.8 Å². The summed E-state index contributed by atoms with van der Waals surface area (Å²) in [5, 5.41) is 0.663. The molecule has 0 aliphatic carbocycles. The first-order valence-electron chi connectivity index (χ1n) is 6.29. The van der Waals surface area contributed by atoms with Gasteiger partial charge in [-0.05, 0) is 46.5 Å². The van der Waals surface area contributed by atoms with Crippen molar-refractivity contribution >= 4 is 33.3 Å². The standard InChI is InChI=1S/C14H16BrClN4/c1-8(2)5-10-7-13(20-17)19-14(18-10)11-4-3-9(16)6-12(11)15/h3-4,6-8H,5,17H2,1-2H3,(H,18,19,20). The van der Waals surface area contributed by atoms with Crippen LogP contribution in [0, 0.1) is 5.92 Å². The smallest absolute Gasteiger partial charge is 0.162 e. The summed E-state index contributed by atoms with van der Waals surface area (Å²) in [4.78, 5) is 9.00. The van der Waals surface area contributed by atoms with E-state index in [4.69, 9.17) is 17.4 Å². The molecule has 0 bridgehead atoms. The molecule has 4 nitrogen and oxygen atoms in total. The molecule has 0 unspecified atom stereocenters. The minimum atomic E-state index is 0.511. The summed E-state index contributed by atoms with van der Waals surface area (Å²) >= 11 is 9.45. The Morgan fingerprint density at radius 1 is 1.30 bits per heavy atom. The van der Waals surface area contributed by atoms with E-state index in [1.54, 1.807) is 0 Å². The Hall–Kier alpha value is -1.17. The van der Waals surface area contributed by atoms with E-state index in [2.05, 4.69) is 45.2 Å². The second-order valence-corrected chi connectivity index (χ2v) is 6.23. The molecule has 0 radical (unpaired) electrons. The van der Waals surface area contributed by atoms with Crippen LogP contribution in [0.3, 0.4) is 0 Å². The lowest BCUT2D eigenvalue weighted by Crippen LogP contribution is -2.11. The summed E-state index contributed by atoms with van der Waals surface area (Å²) in [6.45, 7) is 4.30. The van der Waals surface area contributed by atoms with Crippen LogP contribution in [0.2, 0.25) is 5.02 Å². The number of nitrogens with zero attached hydrogens (tertiary/aromatic N) is 2. The number of halogens is 2. The molecule has 6 heteroatoms. The number of aromatic nitrogens is 2. The van der Waals surface area contributed by atoms with Gasteiger partial charge in [0, 0.05) is 26.8 Å². The average molecular weight is 356 g/mol. The van der Waals surface area contributed by atoms with Crippen molar-refractivity contribution in [1.29, 1.82) is 0 Å². The van der Waals surface area contributed by atoms with E-state index in [1.807, 2.05) is 24.3 Å². The van der Waals surface area contributed by atoms with Gasteiger partial charge in [-0.3, -0.25) is 0 Å². The fourth-order valence-electron chi connectivity index (χ4n) is 1.89. The lowest BCUT2D eigenvalue weighted by molar-refractivity contribution is 0.635. The fraction of sp³-hybridized carbons (Fsp3) is 0.286. The van der Waals surface area contributed by atoms with Crippen LogP contribution in [-0.4, -0.2) is 9.97 Å². The van der Waals surface area contributed by atoms with Crippen molar-refractivity contribution < 1.29 is 0 Å². The van der Waals surface area contributed by atoms with Gasteiger partial charge in [-0.1, -0.05) is 25.4 Å². The van der Waals surface area contributed by atoms with E-state index in [9.17, 15) is 0 Å². The van der Waals surface area contributed by atoms with Gasteiger partial charge in [0.25, 0.3) is 0 Å². The van der Waals surface area contributed by atoms with Crippen LogP contribution in [0.1, 0.15) is 19.5 Å². The third-order valence-electron chi connectivity index (χ3n) is 2.72. The lowest BCUT2D eigenvalue weighted by atomic mass is 10.1. The van der Waals surface area contributed by atoms with Gasteiger partial charge in [-0.15, -0.1) is 0 Å². The molecule has 0 fully saturated rings. The van der Waals surface area contributed by atoms with Crippen molar-refractivity contribution in [2.75, 3.05) is 5.43 Å². The highest BCUT2D eigenvalue weighted by Gasteiger charge is 2.11. The maximum atomic E-state index is 5.96. The highest BCUT2D eigenvalue weighted by atomic mass is 79.9. The molecular formula is C14H16BrClN4. The first kappa shape index (κ1) is 15.2. The quantitative estimate of drug-likeness (QED) is 0.641. The Labute approximate surface area is 131 Å². The molecule has 20 heavy (non-hydrogen) atoms. The summed E-state index contributed by atoms with van der Waals surface area (Å²) in [5.41, 5.74) is 4.43. The Morgan fingerprint density at radius 3 is 2.65 bits per heavy atom. The molecule has 0 aliphatic rings. The molecule has 2 aromatic rings. The monoisotopic (exact) mass is 354 g/mol. The second kappa shape index (κ2) is 6.52. The Morgan fingerprint density at radius 2 is 2.05 bits per heavy atom. The molecule has 106 valence electrons. The number of nitrogens with one attached hydrogen (secondary N) is 1. The first-order valence-corrected chi connectivity index (χ1v) is 7.46. The van der Waals surface area contributed by atoms with E-state index >= 15 is 0 Å². The maximum absolute atomic E-state index is 5.96. The van der Waals surface area contributed by atoms with E-state index in [0.717, 1.165) is 22.2 Å². The predicted molar refractivity (Wildman–Crippen MR) is 86.5 cm³/mol. The molecule has 3 N–H and O–H groups in total. The number of hydrazine groups is 1. The van der Waals surface area contributed by atoms with E-state index < -0.39 is 0 Å². The van der Waals surface area contributed by atoms with Gasteiger partial charge in [-0.2, -0.15) is 0 Å². The fourth-order valence-corrected chi connectivity index (χ4v) is 2.75. The molecule has 2 rings (SSSR count). The summed E-state index contributed by atoms with van der Waals surface area (Å²) in [6.07, 6.45) is 0.870. The van der Waals surface area contributed by atoms with E-state index in [1.165, 1.54) is 0 Å². The Balaban J connectivity index is 2.49. The molecule has 0 amide bonds. The summed E-state index contributed by atoms with van der Waals surface area (Å²) in [6, 6.07) is 7.40. The van der Waals surface area contributed by atoms with Crippen LogP contribution in [-0.2, 0) is 6.42 Å². The highest BCUT2D eigenvalue weighted by Crippen LogP contribution is 2.29. The number of hydrogen-bond acceptors (Lipinski definition) is 4. The normalized spacial score (nSPS) is 10.9. The van der Waals surface area contributed by atoms with Crippen LogP contribution in [0.25, 0.3) is 11.4 Å². The summed E-state index contributed by atoms with van der Waals surface area (Å²) < 4.78 is 0.856. The van der Waals surface area contributed by atoms with Crippen molar-refractivity contribution in [3.63, 3.8) is 0 Å². The van der Waals surface area contributed by atoms with Crippen molar-refractivity contribution in [2.45, 2.75) is 20.3 Å². The minimum absolute atomic E-state index is 0.511. The molecule has 0 spiro atoms. The van der Waals surface area contributed by atoms with Gasteiger partial charge in [0.05, 0.1) is 0 Å². The molecule has 0 saturated carbocycles. The molecule has 0 aliphatic heterocycles. The third-order valence-corrected chi connectivity index (χ3v) is 3.61. The van der Waals surface area contributed by atoms with Crippen molar-refractivity contribution in [1.82, 2.24) is 9.97 Å². The van der Waals surface area contributed by atoms with E-state index in [0.29, 0.717) is 22.6 Å². The molecule has 1 heterocycles. The number of nitrogen functional groups attached to an aromatic ring is 1. The van der Waals surface area contributed by atoms with Crippen LogP contribution < -0.4 is 11.3 Å². The van der Waals surface area contributed by atoms with Crippen LogP contribution in [0.5, 0.6) is 0 Å². The van der Waals surface area contributed by atoms with Crippen molar-refractivity contribution in [3.05, 3.63) is 39.5 Å². The highest BCUT2D eigenvalue weighted by molar-refractivity contribution is 9.10. The van der Waals surface area contributed by atoms with Gasteiger partial charge < -0.3 is 5.43 Å². The molecule has 1 aromatic heterocycles. The van der Waals surface area contributed by atoms with E-state index in [-0.39, 0.29) is 0 Å². The average Bonchev–Trinajstić information content (AvgIpc) is 2.37. The lowest BCUT2D eigenvalue weighted by Gasteiger charge is -2.10. The minimum Gasteiger partial charge on any atom is -0.308 e. The van der Waals surface area contributed by atoms with Gasteiger partial charge in [0.2, 0.25) is 0 Å². The van der Waals surface area contributed by atoms with Crippen LogP contribution in [0.15, 0.2) is 28.7 Å². The summed E-state index contributed by atoms with van der Waals surface area (Å²) in [7, 11) is 0. The molecule has 0 saturated heterocycles. The van der Waals surface area contributed by atoms with Gasteiger partial charge in [-0.25, -0.2) is 15.8 Å². The van der Waals surface area contributed by atoms with Crippen molar-refractivity contribution in [3.8, 4) is 11.4 Å². The number of hydrogen-bond donors (Lipinski definition) is 2. The SMILES string of the molecule is CC(C)Cc1cc(NN)nc(-c2ccc(Cl)cc2Br)n1. The largest absolute Gasteiger partial charge is 0.308 e. The number of rotatable bonds is 4. The second-order valence-electron chi connectivity index (χ2n) is 4.93. The predicted octanol–water partition coefficient (Wildman–Crippen LogP) is 4.04. The summed E-state index contributed by atoms with van der Waals surface area (Å²) in [5.74, 6) is 7.23. The number of anilines is 1.